The topological polar surface area (TPSA) is 88.8 Å². The number of halogens is 2. The number of carbonyl (C=O) groups is 1. The lowest BCUT2D eigenvalue weighted by molar-refractivity contribution is -0.128. The van der Waals surface area contributed by atoms with Crippen LogP contribution in [0.25, 0.3) is 10.8 Å². The minimum absolute atomic E-state index is 0.0665. The summed E-state index contributed by atoms with van der Waals surface area (Å²) in [5.41, 5.74) is 3.13. The van der Waals surface area contributed by atoms with Crippen LogP contribution >= 0.6 is 27.5 Å². The summed E-state index contributed by atoms with van der Waals surface area (Å²) in [6.07, 6.45) is 6.65. The predicted octanol–water partition coefficient (Wildman–Crippen LogP) is 5.20. The number of ether oxygens (including phenoxy) is 1. The van der Waals surface area contributed by atoms with E-state index in [4.69, 9.17) is 26.3 Å². The molecule has 2 aromatic carbocycles. The Labute approximate surface area is 272 Å². The van der Waals surface area contributed by atoms with E-state index in [1.165, 1.54) is 0 Å². The van der Waals surface area contributed by atoms with Gasteiger partial charge >= 0.3 is 6.01 Å². The number of piperazine rings is 1. The van der Waals surface area contributed by atoms with Gasteiger partial charge in [-0.05, 0) is 56.4 Å². The lowest BCUT2D eigenvalue weighted by atomic mass is 10.0. The van der Waals surface area contributed by atoms with Crippen LogP contribution in [0.4, 0.5) is 11.5 Å². The van der Waals surface area contributed by atoms with Gasteiger partial charge in [0, 0.05) is 54.2 Å². The Kier molecular flexibility index (Phi) is 9.55. The molecule has 1 amide bonds. The quantitative estimate of drug-likeness (QED) is 0.237. The second kappa shape index (κ2) is 13.7. The predicted molar refractivity (Wildman–Crippen MR) is 178 cm³/mol. The van der Waals surface area contributed by atoms with Crippen molar-refractivity contribution in [2.45, 2.75) is 44.3 Å². The van der Waals surface area contributed by atoms with Crippen LogP contribution in [-0.2, 0) is 17.8 Å². The zero-order valence-corrected chi connectivity index (χ0v) is 27.3. The summed E-state index contributed by atoms with van der Waals surface area (Å²) >= 11 is 10.1. The van der Waals surface area contributed by atoms with Crippen LogP contribution in [0, 0.1) is 11.3 Å². The van der Waals surface area contributed by atoms with Gasteiger partial charge < -0.3 is 24.3 Å². The molecule has 2 saturated heterocycles. The third-order valence-electron chi connectivity index (χ3n) is 9.01. The fourth-order valence-corrected chi connectivity index (χ4v) is 7.15. The number of fused-ring (bicyclic) bond motifs is 2. The van der Waals surface area contributed by atoms with E-state index < -0.39 is 0 Å². The highest BCUT2D eigenvalue weighted by Crippen LogP contribution is 2.37. The van der Waals surface area contributed by atoms with E-state index >= 15 is 0 Å². The number of nitrogens with zero attached hydrogens (tertiary/aromatic N) is 7. The molecule has 3 aromatic rings. The number of nitriles is 1. The number of benzene rings is 2. The van der Waals surface area contributed by atoms with Crippen molar-refractivity contribution in [3.63, 3.8) is 0 Å². The van der Waals surface area contributed by atoms with Crippen LogP contribution in [0.2, 0.25) is 5.02 Å². The van der Waals surface area contributed by atoms with E-state index in [0.717, 1.165) is 70.9 Å². The van der Waals surface area contributed by atoms with Gasteiger partial charge in [-0.2, -0.15) is 15.2 Å². The maximum Gasteiger partial charge on any atom is 0.318 e. The summed E-state index contributed by atoms with van der Waals surface area (Å²) in [5, 5.41) is 13.1. The molecule has 2 fully saturated rings. The zero-order valence-electron chi connectivity index (χ0n) is 25.0. The van der Waals surface area contributed by atoms with E-state index in [-0.39, 0.29) is 18.4 Å². The van der Waals surface area contributed by atoms with Crippen molar-refractivity contribution in [1.82, 2.24) is 19.8 Å². The lowest BCUT2D eigenvalue weighted by Crippen LogP contribution is -2.55. The number of likely N-dealkylation sites (tertiary alicyclic amines) is 1. The highest BCUT2D eigenvalue weighted by Gasteiger charge is 2.34. The van der Waals surface area contributed by atoms with Gasteiger partial charge in [0.2, 0.25) is 5.91 Å². The van der Waals surface area contributed by atoms with E-state index in [2.05, 4.69) is 68.0 Å². The van der Waals surface area contributed by atoms with E-state index in [1.54, 1.807) is 12.2 Å². The molecular formula is C33H37BrClN7O2. The first-order chi connectivity index (χ1) is 21.5. The van der Waals surface area contributed by atoms with Crippen molar-refractivity contribution in [1.29, 1.82) is 5.26 Å². The first kappa shape index (κ1) is 30.6. The van der Waals surface area contributed by atoms with Crippen molar-refractivity contribution in [2.24, 2.45) is 0 Å². The van der Waals surface area contributed by atoms with E-state index in [9.17, 15) is 10.1 Å². The molecule has 0 spiro atoms. The van der Waals surface area contributed by atoms with Gasteiger partial charge in [0.05, 0.1) is 35.8 Å². The SMILES string of the molecule is CN1CCCC1COc1nc2c(c(N3CCN(C(=O)/C=C/CBr)[C@@H](CC#N)C3)n1)CCN(c1cccc3cccc(Cl)c13)C2. The maximum absolute atomic E-state index is 12.9. The minimum atomic E-state index is -0.235. The van der Waals surface area contributed by atoms with Crippen LogP contribution in [0.5, 0.6) is 6.01 Å². The van der Waals surface area contributed by atoms with Crippen LogP contribution in [-0.4, -0.2) is 89.5 Å². The Morgan fingerprint density at radius 1 is 1.14 bits per heavy atom. The summed E-state index contributed by atoms with van der Waals surface area (Å²) in [5.74, 6) is 0.787. The summed E-state index contributed by atoms with van der Waals surface area (Å²) in [7, 11) is 2.14. The molecule has 1 unspecified atom stereocenters. The summed E-state index contributed by atoms with van der Waals surface area (Å²) in [6.45, 7) is 4.66. The zero-order chi connectivity index (χ0) is 30.6. The molecule has 1 aromatic heterocycles. The lowest BCUT2D eigenvalue weighted by Gasteiger charge is -2.42. The van der Waals surface area contributed by atoms with Gasteiger partial charge in [0.1, 0.15) is 12.4 Å². The largest absolute Gasteiger partial charge is 0.462 e. The highest BCUT2D eigenvalue weighted by atomic mass is 79.9. The number of alkyl halides is 1. The standard InChI is InChI=1S/C33H37BrClN7O2/c1-39-16-5-8-25(39)22-44-33-37-28-21-40(29-10-3-7-23-6-2-9-27(35)31(23)29)17-13-26(28)32(38-33)41-18-19-42(24(20-41)12-15-36)30(43)11-4-14-34/h2-4,6-7,9-11,24-25H,5,8,12-14,16-22H2,1H3/b11-4+/t24-,25?/m0/s1. The van der Waals surface area contributed by atoms with Crippen molar-refractivity contribution in [3.05, 3.63) is 64.8 Å². The molecular weight excluding hydrogens is 642 g/mol. The van der Waals surface area contributed by atoms with Gasteiger partial charge in [0.25, 0.3) is 0 Å². The van der Waals surface area contributed by atoms with Crippen molar-refractivity contribution in [2.75, 3.05) is 61.5 Å². The Hall–Kier alpha value is -3.39. The van der Waals surface area contributed by atoms with Gasteiger partial charge in [-0.15, -0.1) is 0 Å². The number of carbonyl (C=O) groups excluding carboxylic acids is 1. The molecule has 0 N–H and O–H groups in total. The number of amides is 1. The monoisotopic (exact) mass is 677 g/mol. The molecule has 3 aliphatic rings. The van der Waals surface area contributed by atoms with Crippen LogP contribution in [0.3, 0.4) is 0 Å². The number of hydrogen-bond donors (Lipinski definition) is 0. The Bertz CT molecular complexity index is 1590. The van der Waals surface area contributed by atoms with Gasteiger partial charge in [-0.3, -0.25) is 4.79 Å². The van der Waals surface area contributed by atoms with Gasteiger partial charge in [0.15, 0.2) is 0 Å². The average molecular weight is 679 g/mol. The molecule has 0 saturated carbocycles. The molecule has 11 heteroatoms. The molecule has 2 atom stereocenters. The van der Waals surface area contributed by atoms with Crippen molar-refractivity contribution >= 4 is 55.7 Å². The van der Waals surface area contributed by atoms with Crippen LogP contribution in [0.1, 0.15) is 30.5 Å². The second-order valence-corrected chi connectivity index (χ2v) is 12.7. The molecule has 230 valence electrons. The summed E-state index contributed by atoms with van der Waals surface area (Å²) in [6, 6.07) is 15.1. The molecule has 0 bridgehead atoms. The number of rotatable bonds is 8. The molecule has 4 heterocycles. The maximum atomic E-state index is 12.9. The number of aromatic nitrogens is 2. The number of likely N-dealkylation sites (N-methyl/N-ethyl adjacent to an activating group) is 1. The smallest absolute Gasteiger partial charge is 0.318 e. The third-order valence-corrected chi connectivity index (χ3v) is 9.70. The Morgan fingerprint density at radius 3 is 2.75 bits per heavy atom. The fourth-order valence-electron chi connectivity index (χ4n) is 6.68. The second-order valence-electron chi connectivity index (χ2n) is 11.7. The molecule has 3 aliphatic heterocycles. The van der Waals surface area contributed by atoms with Crippen molar-refractivity contribution < 1.29 is 9.53 Å². The number of hydrogen-bond acceptors (Lipinski definition) is 8. The number of allylic oxidation sites excluding steroid dienone is 1. The van der Waals surface area contributed by atoms with Crippen LogP contribution in [0.15, 0.2) is 48.6 Å². The van der Waals surface area contributed by atoms with Gasteiger partial charge in [-0.1, -0.05) is 57.9 Å². The highest BCUT2D eigenvalue weighted by molar-refractivity contribution is 9.09. The number of anilines is 2. The molecule has 44 heavy (non-hydrogen) atoms. The van der Waals surface area contributed by atoms with Gasteiger partial charge in [-0.25, -0.2) is 0 Å². The molecule has 0 aliphatic carbocycles. The Balaban J connectivity index is 1.32. The third kappa shape index (κ3) is 6.37. The molecule has 0 radical (unpaired) electrons. The fraction of sp³-hybridized carbons (Fsp3) is 0.455. The van der Waals surface area contributed by atoms with Crippen LogP contribution < -0.4 is 14.5 Å². The van der Waals surface area contributed by atoms with E-state index in [0.29, 0.717) is 50.2 Å². The first-order valence-electron chi connectivity index (χ1n) is 15.3. The Morgan fingerprint density at radius 2 is 1.98 bits per heavy atom. The minimum Gasteiger partial charge on any atom is -0.462 e. The summed E-state index contributed by atoms with van der Waals surface area (Å²) < 4.78 is 6.31. The van der Waals surface area contributed by atoms with E-state index in [1.807, 2.05) is 17.0 Å². The normalized spacial score (nSPS) is 20.7. The summed E-state index contributed by atoms with van der Waals surface area (Å²) in [4.78, 5) is 31.6. The van der Waals surface area contributed by atoms with Crippen molar-refractivity contribution in [3.8, 4) is 12.1 Å². The first-order valence-corrected chi connectivity index (χ1v) is 16.8. The molecule has 9 nitrogen and oxygen atoms in total. The average Bonchev–Trinajstić information content (AvgIpc) is 3.46. The molecule has 6 rings (SSSR count).